The van der Waals surface area contributed by atoms with Crippen LogP contribution in [0.25, 0.3) is 16.9 Å². The van der Waals surface area contributed by atoms with Gasteiger partial charge in [0.25, 0.3) is 5.91 Å². The first kappa shape index (κ1) is 16.1. The highest BCUT2D eigenvalue weighted by Crippen LogP contribution is 2.32. The first-order chi connectivity index (χ1) is 18.1. The lowest BCUT2D eigenvalue weighted by Crippen LogP contribution is -2.46. The third kappa shape index (κ3) is 4.38. The Labute approximate surface area is 197 Å². The second-order valence-corrected chi connectivity index (χ2v) is 7.62. The zero-order valence-electron chi connectivity index (χ0n) is 23.5. The molecule has 1 aromatic carbocycles. The number of carbonyl (C=O) groups excluding carboxylic acids is 2. The Morgan fingerprint density at radius 3 is 2.85 bits per heavy atom. The summed E-state index contributed by atoms with van der Waals surface area (Å²) in [5, 5.41) is 1.68. The molecule has 2 aromatic heterocycles. The molecule has 1 aliphatic heterocycles. The number of fused-ring (bicyclic) bond motifs is 1. The SMILES string of the molecule is [2H]C([2H])([2H])NC(=O)c1cc(F)c(-c2nc3cc(C)ccn3c2C[C@H]2CN(C(=O)OC([2H])([2H])[2H])CCO2)c(F)c1. The van der Waals surface area contributed by atoms with Gasteiger partial charge in [-0.05, 0) is 36.8 Å². The highest BCUT2D eigenvalue weighted by Gasteiger charge is 2.29. The second-order valence-electron chi connectivity index (χ2n) is 7.62. The number of ether oxygens (including phenoxy) is 2. The summed E-state index contributed by atoms with van der Waals surface area (Å²) in [5.74, 6) is -3.45. The van der Waals surface area contributed by atoms with E-state index in [0.717, 1.165) is 17.7 Å². The molecule has 0 bridgehead atoms. The Bertz CT molecular complexity index is 1400. The number of benzene rings is 1. The molecule has 1 N–H and O–H groups in total. The van der Waals surface area contributed by atoms with Crippen LogP contribution in [0.1, 0.15) is 29.8 Å². The molecule has 0 radical (unpaired) electrons. The molecule has 0 spiro atoms. The van der Waals surface area contributed by atoms with E-state index in [4.69, 9.17) is 13.0 Å². The zero-order valence-corrected chi connectivity index (χ0v) is 17.5. The highest BCUT2D eigenvalue weighted by atomic mass is 19.1. The number of imidazole rings is 1. The zero-order chi connectivity index (χ0) is 28.7. The Hall–Kier alpha value is -3.53. The van der Waals surface area contributed by atoms with Crippen LogP contribution in [-0.2, 0) is 15.9 Å². The van der Waals surface area contributed by atoms with Crippen LogP contribution in [0.15, 0.2) is 30.5 Å². The molecule has 8 nitrogen and oxygen atoms in total. The lowest BCUT2D eigenvalue weighted by atomic mass is 10.0. The lowest BCUT2D eigenvalue weighted by molar-refractivity contribution is -0.0241. The van der Waals surface area contributed by atoms with Crippen molar-refractivity contribution < 1.29 is 36.1 Å². The molecule has 0 aliphatic carbocycles. The molecule has 1 aliphatic rings. The fourth-order valence-electron chi connectivity index (χ4n) is 3.88. The van der Waals surface area contributed by atoms with E-state index >= 15 is 8.78 Å². The van der Waals surface area contributed by atoms with E-state index in [9.17, 15) is 9.59 Å². The summed E-state index contributed by atoms with van der Waals surface area (Å²) in [6, 6.07) is 4.91. The van der Waals surface area contributed by atoms with Gasteiger partial charge in [-0.2, -0.15) is 0 Å². The third-order valence-electron chi connectivity index (χ3n) is 5.44. The summed E-state index contributed by atoms with van der Waals surface area (Å²) in [6.07, 6.45) is -0.0517. The number of hydrogen-bond donors (Lipinski definition) is 1. The van der Waals surface area contributed by atoms with E-state index in [1.165, 1.54) is 4.90 Å². The van der Waals surface area contributed by atoms with Crippen molar-refractivity contribution in [1.82, 2.24) is 19.6 Å². The van der Waals surface area contributed by atoms with Crippen molar-refractivity contribution >= 4 is 17.6 Å². The number of methoxy groups -OCH3 is 1. The monoisotopic (exact) mass is 464 g/mol. The van der Waals surface area contributed by atoms with E-state index in [-0.39, 0.29) is 31.8 Å². The van der Waals surface area contributed by atoms with E-state index in [1.54, 1.807) is 28.0 Å². The molecule has 0 saturated carbocycles. The number of aromatic nitrogens is 2. The van der Waals surface area contributed by atoms with Gasteiger partial charge in [0.2, 0.25) is 0 Å². The smallest absolute Gasteiger partial charge is 0.409 e. The molecular formula is C23H24F2N4O4. The Morgan fingerprint density at radius 2 is 2.12 bits per heavy atom. The first-order valence-electron chi connectivity index (χ1n) is 13.0. The summed E-state index contributed by atoms with van der Waals surface area (Å²) in [4.78, 5) is 30.0. The second kappa shape index (κ2) is 9.14. The summed E-state index contributed by atoms with van der Waals surface area (Å²) in [6.45, 7) is -0.923. The molecule has 1 fully saturated rings. The highest BCUT2D eigenvalue weighted by molar-refractivity contribution is 5.94. The molecule has 174 valence electrons. The number of amides is 2. The van der Waals surface area contributed by atoms with E-state index in [2.05, 4.69) is 9.72 Å². The van der Waals surface area contributed by atoms with Crippen LogP contribution in [0.5, 0.6) is 0 Å². The van der Waals surface area contributed by atoms with E-state index in [1.807, 2.05) is 6.92 Å². The minimum Gasteiger partial charge on any atom is -0.453 e. The van der Waals surface area contributed by atoms with Gasteiger partial charge in [-0.1, -0.05) is 0 Å². The average molecular weight is 465 g/mol. The fraction of sp³-hybridized carbons (Fsp3) is 0.348. The molecule has 3 heterocycles. The predicted molar refractivity (Wildman–Crippen MR) is 116 cm³/mol. The summed E-state index contributed by atoms with van der Waals surface area (Å²) in [7, 11) is -2.92. The van der Waals surface area contributed by atoms with Crippen LogP contribution in [0.3, 0.4) is 0 Å². The van der Waals surface area contributed by atoms with Crippen LogP contribution >= 0.6 is 0 Å². The number of rotatable bonds is 4. The Kier molecular flexibility index (Phi) is 4.47. The Morgan fingerprint density at radius 1 is 1.33 bits per heavy atom. The van der Waals surface area contributed by atoms with Gasteiger partial charge >= 0.3 is 6.09 Å². The number of nitrogens with one attached hydrogen (secondary N) is 1. The van der Waals surface area contributed by atoms with Gasteiger partial charge in [0, 0.05) is 35.8 Å². The molecule has 2 amide bonds. The van der Waals surface area contributed by atoms with Crippen LogP contribution < -0.4 is 5.32 Å². The number of nitrogens with zero attached hydrogens (tertiary/aromatic N) is 3. The van der Waals surface area contributed by atoms with E-state index in [0.29, 0.717) is 11.3 Å². The molecular weight excluding hydrogens is 434 g/mol. The van der Waals surface area contributed by atoms with Gasteiger partial charge in [0.05, 0.1) is 47.4 Å². The van der Waals surface area contributed by atoms with Crippen molar-refractivity contribution in [3.05, 3.63) is 58.9 Å². The van der Waals surface area contributed by atoms with Crippen LogP contribution in [0.2, 0.25) is 0 Å². The number of morpholine rings is 1. The maximum Gasteiger partial charge on any atom is 0.409 e. The lowest BCUT2D eigenvalue weighted by Gasteiger charge is -2.32. The number of halogens is 2. The largest absolute Gasteiger partial charge is 0.453 e. The number of hydrogen-bond acceptors (Lipinski definition) is 5. The van der Waals surface area contributed by atoms with Gasteiger partial charge in [-0.25, -0.2) is 18.6 Å². The van der Waals surface area contributed by atoms with E-state index < -0.39 is 54.9 Å². The van der Waals surface area contributed by atoms with Crippen molar-refractivity contribution in [3.8, 4) is 11.3 Å². The van der Waals surface area contributed by atoms with Gasteiger partial charge in [0.1, 0.15) is 17.3 Å². The van der Waals surface area contributed by atoms with Gasteiger partial charge in [-0.15, -0.1) is 0 Å². The number of pyridine rings is 1. The molecule has 10 heteroatoms. The summed E-state index contributed by atoms with van der Waals surface area (Å²) < 4.78 is 85.3. The first-order valence-corrected chi connectivity index (χ1v) is 10.0. The fourth-order valence-corrected chi connectivity index (χ4v) is 3.88. The maximum absolute atomic E-state index is 15.3. The topological polar surface area (TPSA) is 85.2 Å². The van der Waals surface area contributed by atoms with Crippen LogP contribution in [0, 0.1) is 18.6 Å². The van der Waals surface area contributed by atoms with Crippen molar-refractivity contribution in [2.75, 3.05) is 33.7 Å². The minimum absolute atomic E-state index is 0.0251. The number of aryl methyl sites for hydroxylation is 1. The van der Waals surface area contributed by atoms with Gasteiger partial charge in [0.15, 0.2) is 0 Å². The molecule has 3 aromatic rings. The molecule has 4 rings (SSSR count). The average Bonchev–Trinajstić information content (AvgIpc) is 3.13. The Balaban J connectivity index is 1.71. The normalized spacial score (nSPS) is 19.6. The van der Waals surface area contributed by atoms with Crippen LogP contribution in [-0.4, -0.2) is 66.1 Å². The van der Waals surface area contributed by atoms with Crippen molar-refractivity contribution in [2.45, 2.75) is 19.4 Å². The summed E-state index contributed by atoms with van der Waals surface area (Å²) >= 11 is 0. The molecule has 0 unspecified atom stereocenters. The van der Waals surface area contributed by atoms with Crippen molar-refractivity contribution in [1.29, 1.82) is 0 Å². The minimum atomic E-state index is -2.92. The van der Waals surface area contributed by atoms with Gasteiger partial charge < -0.3 is 24.1 Å². The summed E-state index contributed by atoms with van der Waals surface area (Å²) in [5.41, 5.74) is 0.396. The van der Waals surface area contributed by atoms with Crippen molar-refractivity contribution in [2.24, 2.45) is 0 Å². The predicted octanol–water partition coefficient (Wildman–Crippen LogP) is 2.96. The van der Waals surface area contributed by atoms with Crippen molar-refractivity contribution in [3.63, 3.8) is 0 Å². The molecule has 1 saturated heterocycles. The molecule has 33 heavy (non-hydrogen) atoms. The van der Waals surface area contributed by atoms with Crippen LogP contribution in [0.4, 0.5) is 13.6 Å². The standard InChI is InChI=1S/C23H24F2N4O4/c1-13-4-5-29-18(11-15-12-28(6-7-33-15)23(31)32-3)21(27-19(29)8-13)20-16(24)9-14(10-17(20)25)22(30)26-2/h4-5,8-10,15H,6-7,11-12H2,1-3H3,(H,26,30)/t15-/m0/s1/i2D3,3D3. The quantitative estimate of drug-likeness (QED) is 0.642. The third-order valence-corrected chi connectivity index (χ3v) is 5.44. The molecule has 1 atom stereocenters. The van der Waals surface area contributed by atoms with Gasteiger partial charge in [-0.3, -0.25) is 4.79 Å². The number of carbonyl (C=O) groups is 2. The maximum atomic E-state index is 15.3.